The summed E-state index contributed by atoms with van der Waals surface area (Å²) in [4.78, 5) is 17.7. The number of rotatable bonds is 7. The first kappa shape index (κ1) is 25.0. The Bertz CT molecular complexity index is 1450. The minimum absolute atomic E-state index is 0.134. The molecule has 1 N–H and O–H groups in total. The predicted molar refractivity (Wildman–Crippen MR) is 153 cm³/mol. The summed E-state index contributed by atoms with van der Waals surface area (Å²) in [5.74, 6) is 1.62. The topological polar surface area (TPSA) is 99.9 Å². The second-order valence-corrected chi connectivity index (χ2v) is 9.88. The number of ether oxygens (including phenoxy) is 1. The summed E-state index contributed by atoms with van der Waals surface area (Å²) in [6.45, 7) is 7.34. The molecule has 6 rings (SSSR count). The molecule has 39 heavy (non-hydrogen) atoms. The Kier molecular flexibility index (Phi) is 7.20. The Hall–Kier alpha value is -4.28. The van der Waals surface area contributed by atoms with Gasteiger partial charge in [0.05, 0.1) is 18.1 Å². The molecule has 0 unspecified atom stereocenters. The van der Waals surface area contributed by atoms with Gasteiger partial charge in [0.15, 0.2) is 11.6 Å². The fraction of sp³-hybridized carbons (Fsp3) is 0.310. The molecule has 0 bridgehead atoms. The van der Waals surface area contributed by atoms with Crippen molar-refractivity contribution in [3.8, 4) is 0 Å². The Morgan fingerprint density at radius 1 is 0.821 bits per heavy atom. The predicted octanol–water partition coefficient (Wildman–Crippen LogP) is 4.44. The van der Waals surface area contributed by atoms with Gasteiger partial charge >= 0.3 is 0 Å². The van der Waals surface area contributed by atoms with Crippen LogP contribution in [0.4, 0.5) is 28.7 Å². The summed E-state index contributed by atoms with van der Waals surface area (Å²) in [6.07, 6.45) is 0. The van der Waals surface area contributed by atoms with Crippen LogP contribution in [-0.4, -0.2) is 72.5 Å². The lowest BCUT2D eigenvalue weighted by Crippen LogP contribution is -2.46. The quantitative estimate of drug-likeness (QED) is 0.277. The number of nitro groups is 1. The molecule has 2 saturated heterocycles. The van der Waals surface area contributed by atoms with Gasteiger partial charge in [-0.05, 0) is 29.8 Å². The van der Waals surface area contributed by atoms with Crippen molar-refractivity contribution in [2.24, 2.45) is 0 Å². The smallest absolute Gasteiger partial charge is 0.269 e. The van der Waals surface area contributed by atoms with Gasteiger partial charge in [0.1, 0.15) is 0 Å². The second-order valence-electron chi connectivity index (χ2n) is 9.88. The van der Waals surface area contributed by atoms with Gasteiger partial charge in [0, 0.05) is 80.1 Å². The van der Waals surface area contributed by atoms with Crippen molar-refractivity contribution < 1.29 is 9.66 Å². The van der Waals surface area contributed by atoms with Gasteiger partial charge < -0.3 is 19.9 Å². The number of nitrogens with zero attached hydrogens (tertiary/aromatic N) is 6. The maximum absolute atomic E-state index is 11.1. The number of aromatic nitrogens is 2. The first-order chi connectivity index (χ1) is 19.1. The van der Waals surface area contributed by atoms with E-state index in [0.29, 0.717) is 6.54 Å². The highest BCUT2D eigenvalue weighted by atomic mass is 16.6. The number of nitro benzene ring substituents is 1. The van der Waals surface area contributed by atoms with E-state index >= 15 is 0 Å². The molecule has 0 saturated carbocycles. The summed E-state index contributed by atoms with van der Waals surface area (Å²) in [5.41, 5.74) is 3.25. The normalized spacial score (nSPS) is 16.4. The molecule has 0 radical (unpaired) electrons. The molecule has 2 fully saturated rings. The van der Waals surface area contributed by atoms with E-state index in [2.05, 4.69) is 66.6 Å². The Labute approximate surface area is 227 Å². The van der Waals surface area contributed by atoms with Gasteiger partial charge in [-0.15, -0.1) is 10.2 Å². The summed E-state index contributed by atoms with van der Waals surface area (Å²) >= 11 is 0. The molecule has 0 aliphatic carbocycles. The lowest BCUT2D eigenvalue weighted by molar-refractivity contribution is -0.384. The zero-order valence-electron chi connectivity index (χ0n) is 21.7. The van der Waals surface area contributed by atoms with Gasteiger partial charge in [-0.1, -0.05) is 36.4 Å². The van der Waals surface area contributed by atoms with Gasteiger partial charge in [-0.25, -0.2) is 0 Å². The third-order valence-electron chi connectivity index (χ3n) is 7.37. The molecule has 0 atom stereocenters. The van der Waals surface area contributed by atoms with Crippen LogP contribution < -0.4 is 15.1 Å². The summed E-state index contributed by atoms with van der Waals surface area (Å²) in [5, 5.41) is 25.9. The van der Waals surface area contributed by atoms with Gasteiger partial charge in [0.25, 0.3) is 5.69 Å². The SMILES string of the molecule is O=[N+]([O-])c1cccc(CN2CCN(c3nnc(Nc4ccc(N5CCOCC5)cc4)c4ccccc34)CC2)c1. The van der Waals surface area contributed by atoms with Crippen LogP contribution in [0.25, 0.3) is 10.8 Å². The first-order valence-electron chi connectivity index (χ1n) is 13.3. The molecule has 3 aromatic carbocycles. The lowest BCUT2D eigenvalue weighted by atomic mass is 10.1. The van der Waals surface area contributed by atoms with Crippen molar-refractivity contribution in [1.29, 1.82) is 0 Å². The minimum atomic E-state index is -0.343. The summed E-state index contributed by atoms with van der Waals surface area (Å²) in [7, 11) is 0. The molecular weight excluding hydrogens is 494 g/mol. The van der Waals surface area contributed by atoms with E-state index in [-0.39, 0.29) is 10.6 Å². The third kappa shape index (κ3) is 5.62. The van der Waals surface area contributed by atoms with E-state index in [1.165, 1.54) is 11.8 Å². The maximum Gasteiger partial charge on any atom is 0.269 e. The number of hydrogen-bond acceptors (Lipinski definition) is 9. The molecule has 4 aromatic rings. The number of hydrogen-bond donors (Lipinski definition) is 1. The fourth-order valence-corrected chi connectivity index (χ4v) is 5.27. The molecule has 2 aliphatic rings. The van der Waals surface area contributed by atoms with Crippen LogP contribution in [-0.2, 0) is 11.3 Å². The molecule has 1 aromatic heterocycles. The number of morpholine rings is 1. The lowest BCUT2D eigenvalue weighted by Gasteiger charge is -2.35. The molecule has 200 valence electrons. The fourth-order valence-electron chi connectivity index (χ4n) is 5.27. The van der Waals surface area contributed by atoms with Crippen LogP contribution in [0.5, 0.6) is 0 Å². The standard InChI is InChI=1S/C29H31N7O3/c37-36(38)25-5-3-4-22(20-25)21-33-12-14-35(15-13-33)29-27-7-2-1-6-26(27)28(31-32-29)30-23-8-10-24(11-9-23)34-16-18-39-19-17-34/h1-11,20H,12-19,21H2,(H,30,31). The highest BCUT2D eigenvalue weighted by Gasteiger charge is 2.22. The zero-order chi connectivity index (χ0) is 26.6. The van der Waals surface area contributed by atoms with Crippen molar-refractivity contribution in [3.63, 3.8) is 0 Å². The highest BCUT2D eigenvalue weighted by Crippen LogP contribution is 2.31. The van der Waals surface area contributed by atoms with Crippen LogP contribution in [0.3, 0.4) is 0 Å². The van der Waals surface area contributed by atoms with Crippen LogP contribution in [0.1, 0.15) is 5.56 Å². The number of piperazine rings is 1. The Morgan fingerprint density at radius 2 is 1.56 bits per heavy atom. The van der Waals surface area contributed by atoms with E-state index in [4.69, 9.17) is 4.74 Å². The highest BCUT2D eigenvalue weighted by molar-refractivity contribution is 5.99. The van der Waals surface area contributed by atoms with E-state index < -0.39 is 0 Å². The number of non-ortho nitro benzene ring substituents is 1. The van der Waals surface area contributed by atoms with Crippen LogP contribution >= 0.6 is 0 Å². The molecule has 10 nitrogen and oxygen atoms in total. The van der Waals surface area contributed by atoms with E-state index in [9.17, 15) is 10.1 Å². The average molecular weight is 526 g/mol. The summed E-state index contributed by atoms with van der Waals surface area (Å²) < 4.78 is 5.46. The van der Waals surface area contributed by atoms with Crippen molar-refractivity contribution in [3.05, 3.63) is 88.5 Å². The molecule has 0 amide bonds. The monoisotopic (exact) mass is 525 g/mol. The minimum Gasteiger partial charge on any atom is -0.378 e. The average Bonchev–Trinajstić information content (AvgIpc) is 2.99. The van der Waals surface area contributed by atoms with Crippen molar-refractivity contribution in [1.82, 2.24) is 15.1 Å². The zero-order valence-corrected chi connectivity index (χ0v) is 21.7. The number of anilines is 4. The Morgan fingerprint density at radius 3 is 2.31 bits per heavy atom. The molecular formula is C29H31N7O3. The van der Waals surface area contributed by atoms with E-state index in [0.717, 1.165) is 86.1 Å². The van der Waals surface area contributed by atoms with Crippen molar-refractivity contribution >= 4 is 39.5 Å². The largest absolute Gasteiger partial charge is 0.378 e. The number of fused-ring (bicyclic) bond motifs is 1. The maximum atomic E-state index is 11.1. The third-order valence-corrected chi connectivity index (χ3v) is 7.37. The van der Waals surface area contributed by atoms with Crippen LogP contribution in [0.2, 0.25) is 0 Å². The number of nitrogens with one attached hydrogen (secondary N) is 1. The van der Waals surface area contributed by atoms with E-state index in [1.54, 1.807) is 12.1 Å². The molecule has 3 heterocycles. The molecule has 0 spiro atoms. The second kappa shape index (κ2) is 11.2. The molecule has 10 heteroatoms. The van der Waals surface area contributed by atoms with Crippen molar-refractivity contribution in [2.45, 2.75) is 6.54 Å². The van der Waals surface area contributed by atoms with Gasteiger partial charge in [0.2, 0.25) is 0 Å². The van der Waals surface area contributed by atoms with Crippen LogP contribution in [0, 0.1) is 10.1 Å². The summed E-state index contributed by atoms with van der Waals surface area (Å²) in [6, 6.07) is 23.5. The molecule has 2 aliphatic heterocycles. The Balaban J connectivity index is 1.14. The van der Waals surface area contributed by atoms with E-state index in [1.807, 2.05) is 18.2 Å². The number of benzene rings is 3. The first-order valence-corrected chi connectivity index (χ1v) is 13.3. The van der Waals surface area contributed by atoms with Crippen LogP contribution in [0.15, 0.2) is 72.8 Å². The van der Waals surface area contributed by atoms with Crippen molar-refractivity contribution in [2.75, 3.05) is 67.6 Å². The van der Waals surface area contributed by atoms with Gasteiger partial charge in [-0.2, -0.15) is 0 Å². The van der Waals surface area contributed by atoms with Gasteiger partial charge in [-0.3, -0.25) is 15.0 Å².